The van der Waals surface area contributed by atoms with Crippen molar-refractivity contribution in [3.8, 4) is 0 Å². The molecule has 0 aromatic heterocycles. The van der Waals surface area contributed by atoms with Crippen LogP contribution in [0.3, 0.4) is 0 Å². The smallest absolute Gasteiger partial charge is 0.418 e. The maximum absolute atomic E-state index is 11.1. The number of hydrogen-bond acceptors (Lipinski definition) is 3. The van der Waals surface area contributed by atoms with Gasteiger partial charge in [0.05, 0.1) is 5.71 Å². The van der Waals surface area contributed by atoms with E-state index in [-0.39, 0.29) is 11.8 Å². The third-order valence-electron chi connectivity index (χ3n) is 2.54. The van der Waals surface area contributed by atoms with Crippen molar-refractivity contribution >= 4 is 24.6 Å². The molecule has 1 unspecified atom stereocenters. The van der Waals surface area contributed by atoms with Gasteiger partial charge in [0, 0.05) is 24.5 Å². The Morgan fingerprint density at radius 1 is 1.29 bits per heavy atom. The van der Waals surface area contributed by atoms with Gasteiger partial charge in [-0.25, -0.2) is 5.43 Å². The van der Waals surface area contributed by atoms with Gasteiger partial charge in [-0.1, -0.05) is 6.92 Å². The third-order valence-corrected chi connectivity index (χ3v) is 2.54. The van der Waals surface area contributed by atoms with Gasteiger partial charge in [-0.05, 0) is 17.7 Å². The van der Waals surface area contributed by atoms with Crippen molar-refractivity contribution in [2.45, 2.75) is 13.3 Å². The second kappa shape index (κ2) is 6.83. The van der Waals surface area contributed by atoms with Gasteiger partial charge in [0.25, 0.3) is 0 Å². The molecule has 0 saturated carbocycles. The summed E-state index contributed by atoms with van der Waals surface area (Å²) in [6, 6.07) is 7.03. The van der Waals surface area contributed by atoms with Gasteiger partial charge in [-0.3, -0.25) is 4.79 Å². The molecular formula is C11H11BF4N4O. The highest BCUT2D eigenvalue weighted by molar-refractivity contribution is 6.50. The van der Waals surface area contributed by atoms with Crippen molar-refractivity contribution in [1.82, 2.24) is 5.43 Å². The molecule has 1 aliphatic rings. The number of diazo groups is 1. The molecule has 112 valence electrons. The molecule has 0 bridgehead atoms. The number of halogens is 4. The molecule has 0 spiro atoms. The summed E-state index contributed by atoms with van der Waals surface area (Å²) in [6.07, 6.45) is 0.449. The average molecular weight is 302 g/mol. The number of hydrazone groups is 1. The Bertz CT molecular complexity index is 573. The van der Waals surface area contributed by atoms with Crippen LogP contribution in [-0.2, 0) is 4.79 Å². The molecule has 1 atom stereocenters. The van der Waals surface area contributed by atoms with Crippen LogP contribution < -0.4 is 5.43 Å². The van der Waals surface area contributed by atoms with Gasteiger partial charge in [0.1, 0.15) is 0 Å². The Hall–Kier alpha value is -2.44. The van der Waals surface area contributed by atoms with E-state index in [1.165, 1.54) is 0 Å². The molecule has 2 rings (SSSR count). The number of carbonyl (C=O) groups excluding carboxylic acids is 1. The minimum atomic E-state index is -6.00. The van der Waals surface area contributed by atoms with E-state index in [0.29, 0.717) is 12.1 Å². The van der Waals surface area contributed by atoms with Gasteiger partial charge >= 0.3 is 12.9 Å². The third kappa shape index (κ3) is 6.03. The number of nitrogens with zero attached hydrogens (tertiary/aromatic N) is 3. The Morgan fingerprint density at radius 3 is 2.24 bits per heavy atom. The Morgan fingerprint density at radius 2 is 1.81 bits per heavy atom. The lowest BCUT2D eigenvalue weighted by Gasteiger charge is -2.18. The first-order chi connectivity index (χ1) is 9.70. The summed E-state index contributed by atoms with van der Waals surface area (Å²) in [5.74, 6) is 0.0453. The van der Waals surface area contributed by atoms with E-state index in [2.05, 4.69) is 15.5 Å². The van der Waals surface area contributed by atoms with E-state index < -0.39 is 7.25 Å². The predicted molar refractivity (Wildman–Crippen MR) is 69.8 cm³/mol. The Balaban J connectivity index is 0.000000383. The zero-order valence-electron chi connectivity index (χ0n) is 10.9. The highest BCUT2D eigenvalue weighted by Gasteiger charge is 2.22. The monoisotopic (exact) mass is 302 g/mol. The fraction of sp³-hybridized carbons (Fsp3) is 0.273. The maximum Gasteiger partial charge on any atom is 0.673 e. The number of carbonyl (C=O) groups is 1. The van der Waals surface area contributed by atoms with Crippen LogP contribution in [0.1, 0.15) is 18.9 Å². The molecule has 0 aliphatic carbocycles. The summed E-state index contributed by atoms with van der Waals surface area (Å²) in [4.78, 5) is 14.2. The van der Waals surface area contributed by atoms with E-state index in [0.717, 1.165) is 11.3 Å². The molecule has 0 radical (unpaired) electrons. The summed E-state index contributed by atoms with van der Waals surface area (Å²) in [5.41, 5.74) is 4.74. The minimum absolute atomic E-state index is 0.0572. The second-order valence-electron chi connectivity index (χ2n) is 4.28. The van der Waals surface area contributed by atoms with E-state index in [1.807, 2.05) is 19.1 Å². The molecule has 0 saturated heterocycles. The van der Waals surface area contributed by atoms with Crippen LogP contribution in [0.5, 0.6) is 0 Å². The molecule has 1 aliphatic heterocycles. The number of rotatable bonds is 1. The van der Waals surface area contributed by atoms with Crippen LogP contribution in [-0.4, -0.2) is 18.9 Å². The highest BCUT2D eigenvalue weighted by atomic mass is 19.5. The van der Waals surface area contributed by atoms with Crippen molar-refractivity contribution in [3.63, 3.8) is 0 Å². The van der Waals surface area contributed by atoms with Crippen LogP contribution >= 0.6 is 0 Å². The summed E-state index contributed by atoms with van der Waals surface area (Å²) in [7, 11) is -6.00. The standard InChI is InChI=1S/C11H10N4O.BF4/c1-7-6-10(16)14-15-11(7)8-2-4-9(13-12)5-3-8;2-1(3,4)5/h2-5,7H,6H2,1H3;/q;-1/p+1. The summed E-state index contributed by atoms with van der Waals surface area (Å²) in [5, 5.41) is 12.6. The molecule has 1 aromatic rings. The molecule has 1 N–H and O–H groups in total. The highest BCUT2D eigenvalue weighted by Crippen LogP contribution is 2.19. The van der Waals surface area contributed by atoms with Crippen molar-refractivity contribution in [3.05, 3.63) is 34.8 Å². The Kier molecular flexibility index (Phi) is 5.40. The largest absolute Gasteiger partial charge is 0.673 e. The van der Waals surface area contributed by atoms with Crippen LogP contribution in [0.2, 0.25) is 0 Å². The van der Waals surface area contributed by atoms with Gasteiger partial charge in [0.15, 0.2) is 4.98 Å². The first kappa shape index (κ1) is 16.6. The van der Waals surface area contributed by atoms with Gasteiger partial charge in [-0.2, -0.15) is 5.10 Å². The van der Waals surface area contributed by atoms with Crippen LogP contribution in [0.15, 0.2) is 29.4 Å². The van der Waals surface area contributed by atoms with E-state index in [4.69, 9.17) is 5.39 Å². The minimum Gasteiger partial charge on any atom is -0.418 e. The fourth-order valence-corrected chi connectivity index (χ4v) is 1.70. The molecule has 0 fully saturated rings. The van der Waals surface area contributed by atoms with Gasteiger partial charge in [-0.15, -0.1) is 0 Å². The zero-order valence-corrected chi connectivity index (χ0v) is 10.9. The van der Waals surface area contributed by atoms with Crippen LogP contribution in [0.4, 0.5) is 23.0 Å². The Labute approximate surface area is 117 Å². The first-order valence-electron chi connectivity index (χ1n) is 5.90. The maximum atomic E-state index is 11.1. The lowest BCUT2D eigenvalue weighted by Crippen LogP contribution is -2.31. The second-order valence-corrected chi connectivity index (χ2v) is 4.28. The molecule has 1 amide bonds. The van der Waals surface area contributed by atoms with E-state index in [1.54, 1.807) is 12.1 Å². The molecule has 10 heteroatoms. The van der Waals surface area contributed by atoms with Crippen LogP contribution in [0.25, 0.3) is 4.98 Å². The lowest BCUT2D eigenvalue weighted by atomic mass is 9.94. The van der Waals surface area contributed by atoms with Crippen molar-refractivity contribution < 1.29 is 22.1 Å². The van der Waals surface area contributed by atoms with Gasteiger partial charge < -0.3 is 17.3 Å². The number of benzene rings is 1. The summed E-state index contributed by atoms with van der Waals surface area (Å²) in [6.45, 7) is 1.96. The van der Waals surface area contributed by atoms with Crippen molar-refractivity contribution in [2.75, 3.05) is 0 Å². The number of hydrogen-bond donors (Lipinski definition) is 1. The summed E-state index contributed by atoms with van der Waals surface area (Å²) >= 11 is 0. The fourth-order valence-electron chi connectivity index (χ4n) is 1.70. The number of amides is 1. The van der Waals surface area contributed by atoms with Crippen LogP contribution in [0, 0.1) is 11.3 Å². The predicted octanol–water partition coefficient (Wildman–Crippen LogP) is 3.33. The average Bonchev–Trinajstić information content (AvgIpc) is 2.37. The molecule has 1 heterocycles. The van der Waals surface area contributed by atoms with E-state index in [9.17, 15) is 22.1 Å². The van der Waals surface area contributed by atoms with Gasteiger partial charge in [0.2, 0.25) is 11.3 Å². The summed E-state index contributed by atoms with van der Waals surface area (Å²) < 4.78 is 39.0. The quantitative estimate of drug-likeness (QED) is 0.491. The normalized spacial score (nSPS) is 17.8. The lowest BCUT2D eigenvalue weighted by molar-refractivity contribution is -0.121. The first-order valence-corrected chi connectivity index (χ1v) is 5.90. The molecular weight excluding hydrogens is 291 g/mol. The SMILES string of the molecule is CC1CC(=O)NN=C1c1ccc([N+]#N)cc1.F[B-](F)(F)F. The van der Waals surface area contributed by atoms with E-state index >= 15 is 0 Å². The van der Waals surface area contributed by atoms with Crippen molar-refractivity contribution in [1.29, 1.82) is 5.39 Å². The zero-order chi connectivity index (χ0) is 16.0. The number of nitrogens with one attached hydrogen (secondary N) is 1. The topological polar surface area (TPSA) is 69.6 Å². The van der Waals surface area contributed by atoms with Crippen molar-refractivity contribution in [2.24, 2.45) is 11.0 Å². The molecule has 21 heavy (non-hydrogen) atoms. The molecule has 5 nitrogen and oxygen atoms in total. The molecule has 1 aromatic carbocycles.